The average Bonchev–Trinajstić information content (AvgIpc) is 2.64. The van der Waals surface area contributed by atoms with Crippen LogP contribution in [0.5, 0.6) is 0 Å². The summed E-state index contributed by atoms with van der Waals surface area (Å²) in [6.45, 7) is 1.51. The predicted molar refractivity (Wildman–Crippen MR) is 59.1 cm³/mol. The number of hydrogen-bond donors (Lipinski definition) is 2. The van der Waals surface area contributed by atoms with Crippen molar-refractivity contribution in [2.75, 3.05) is 38.8 Å². The number of likely N-dealkylation sites (N-methyl/N-ethyl adjacent to an activating group) is 1. The minimum absolute atomic E-state index is 0.0164. The van der Waals surface area contributed by atoms with Gasteiger partial charge in [0.2, 0.25) is 5.91 Å². The zero-order valence-electron chi connectivity index (χ0n) is 9.12. The monoisotopic (exact) mass is 234 g/mol. The molecule has 0 aromatic carbocycles. The number of nitrogens with one attached hydrogen (secondary N) is 2. The fourth-order valence-corrected chi connectivity index (χ4v) is 1.94. The van der Waals surface area contributed by atoms with Crippen molar-refractivity contribution in [1.82, 2.24) is 10.6 Å². The molecule has 3 unspecified atom stereocenters. The number of carbonyl (C=O) groups is 1. The lowest BCUT2D eigenvalue weighted by atomic mass is 10.0. The maximum absolute atomic E-state index is 11.7. The molecule has 1 aliphatic heterocycles. The number of rotatable bonds is 5. The standard InChI is InChI=1S/C9H18N2O3S/c1-10-8-6-14-5-7(8)9(12)11-3-4-15(2)13/h7-8,10H,3-6H2,1-2H3,(H,11,12). The molecule has 0 radical (unpaired) electrons. The number of hydrogen-bond acceptors (Lipinski definition) is 4. The Hall–Kier alpha value is -0.460. The maximum atomic E-state index is 11.7. The van der Waals surface area contributed by atoms with E-state index >= 15 is 0 Å². The van der Waals surface area contributed by atoms with Gasteiger partial charge in [-0.25, -0.2) is 0 Å². The third-order valence-corrected chi connectivity index (χ3v) is 3.26. The molecule has 6 heteroatoms. The number of ether oxygens (including phenoxy) is 1. The van der Waals surface area contributed by atoms with Crippen LogP contribution in [0.2, 0.25) is 0 Å². The SMILES string of the molecule is CNC1COCC1C(=O)NCCS(C)=O. The fourth-order valence-electron chi connectivity index (χ4n) is 1.55. The molecule has 15 heavy (non-hydrogen) atoms. The first-order chi connectivity index (χ1) is 7.15. The van der Waals surface area contributed by atoms with Crippen LogP contribution >= 0.6 is 0 Å². The summed E-state index contributed by atoms with van der Waals surface area (Å²) in [6, 6.07) is 0.0946. The highest BCUT2D eigenvalue weighted by atomic mass is 32.2. The van der Waals surface area contributed by atoms with E-state index in [0.29, 0.717) is 25.5 Å². The van der Waals surface area contributed by atoms with Gasteiger partial charge in [-0.15, -0.1) is 0 Å². The zero-order valence-corrected chi connectivity index (χ0v) is 9.93. The second-order valence-corrected chi connectivity index (χ2v) is 5.16. The van der Waals surface area contributed by atoms with Crippen molar-refractivity contribution < 1.29 is 13.7 Å². The lowest BCUT2D eigenvalue weighted by Gasteiger charge is -2.15. The van der Waals surface area contributed by atoms with E-state index < -0.39 is 10.8 Å². The van der Waals surface area contributed by atoms with Crippen LogP contribution in [0.1, 0.15) is 0 Å². The molecular formula is C9H18N2O3S. The quantitative estimate of drug-likeness (QED) is 0.621. The Balaban J connectivity index is 2.29. The van der Waals surface area contributed by atoms with E-state index in [2.05, 4.69) is 10.6 Å². The third-order valence-electron chi connectivity index (χ3n) is 2.48. The molecule has 0 aliphatic carbocycles. The van der Waals surface area contributed by atoms with Crippen molar-refractivity contribution >= 4 is 16.7 Å². The summed E-state index contributed by atoms with van der Waals surface area (Å²) in [7, 11) is 0.965. The van der Waals surface area contributed by atoms with Gasteiger partial charge in [-0.3, -0.25) is 9.00 Å². The van der Waals surface area contributed by atoms with E-state index in [0.717, 1.165) is 0 Å². The van der Waals surface area contributed by atoms with Crippen molar-refractivity contribution in [3.63, 3.8) is 0 Å². The van der Waals surface area contributed by atoms with Gasteiger partial charge in [0.05, 0.1) is 19.1 Å². The highest BCUT2D eigenvalue weighted by Gasteiger charge is 2.32. The molecule has 2 N–H and O–H groups in total. The smallest absolute Gasteiger partial charge is 0.227 e. The molecule has 1 rings (SSSR count). The Morgan fingerprint density at radius 3 is 2.87 bits per heavy atom. The highest BCUT2D eigenvalue weighted by molar-refractivity contribution is 7.84. The Morgan fingerprint density at radius 1 is 1.53 bits per heavy atom. The predicted octanol–water partition coefficient (Wildman–Crippen LogP) is -1.28. The summed E-state index contributed by atoms with van der Waals surface area (Å²) >= 11 is 0. The van der Waals surface area contributed by atoms with Gasteiger partial charge in [-0.05, 0) is 7.05 Å². The fraction of sp³-hybridized carbons (Fsp3) is 0.889. The van der Waals surface area contributed by atoms with Crippen LogP contribution in [0.3, 0.4) is 0 Å². The third kappa shape index (κ3) is 3.89. The van der Waals surface area contributed by atoms with Gasteiger partial charge in [0.25, 0.3) is 0 Å². The van der Waals surface area contributed by atoms with Crippen molar-refractivity contribution in [3.05, 3.63) is 0 Å². The number of amides is 1. The molecule has 1 aliphatic rings. The summed E-state index contributed by atoms with van der Waals surface area (Å²) in [5, 5.41) is 5.82. The molecule has 0 saturated carbocycles. The summed E-state index contributed by atoms with van der Waals surface area (Å²) in [4.78, 5) is 11.7. The van der Waals surface area contributed by atoms with Gasteiger partial charge >= 0.3 is 0 Å². The van der Waals surface area contributed by atoms with Crippen molar-refractivity contribution in [2.45, 2.75) is 6.04 Å². The molecule has 0 bridgehead atoms. The molecular weight excluding hydrogens is 216 g/mol. The molecule has 3 atom stereocenters. The Kier molecular flexibility index (Phi) is 5.21. The van der Waals surface area contributed by atoms with E-state index in [1.54, 1.807) is 6.26 Å². The Morgan fingerprint density at radius 2 is 2.27 bits per heavy atom. The average molecular weight is 234 g/mol. The normalized spacial score (nSPS) is 27.6. The van der Waals surface area contributed by atoms with Crippen molar-refractivity contribution in [1.29, 1.82) is 0 Å². The molecule has 1 heterocycles. The lowest BCUT2D eigenvalue weighted by Crippen LogP contribution is -2.43. The topological polar surface area (TPSA) is 67.4 Å². The summed E-state index contributed by atoms with van der Waals surface area (Å²) in [5.41, 5.74) is 0. The molecule has 0 aromatic rings. The highest BCUT2D eigenvalue weighted by Crippen LogP contribution is 2.12. The van der Waals surface area contributed by atoms with Gasteiger partial charge in [-0.1, -0.05) is 0 Å². The molecule has 1 saturated heterocycles. The lowest BCUT2D eigenvalue weighted by molar-refractivity contribution is -0.125. The minimum atomic E-state index is -0.856. The summed E-state index contributed by atoms with van der Waals surface area (Å²) in [5.74, 6) is 0.362. The van der Waals surface area contributed by atoms with Gasteiger partial charge in [-0.2, -0.15) is 0 Å². The summed E-state index contributed by atoms with van der Waals surface area (Å²) in [6.07, 6.45) is 1.63. The van der Waals surface area contributed by atoms with E-state index in [-0.39, 0.29) is 17.9 Å². The van der Waals surface area contributed by atoms with E-state index in [1.807, 2.05) is 7.05 Å². The minimum Gasteiger partial charge on any atom is -0.379 e. The van der Waals surface area contributed by atoms with Crippen LogP contribution in [-0.2, 0) is 20.3 Å². The molecule has 1 amide bonds. The van der Waals surface area contributed by atoms with Gasteiger partial charge in [0, 0.05) is 35.4 Å². The van der Waals surface area contributed by atoms with Gasteiger partial charge in [0.1, 0.15) is 0 Å². The van der Waals surface area contributed by atoms with Gasteiger partial charge in [0.15, 0.2) is 0 Å². The second kappa shape index (κ2) is 6.19. The van der Waals surface area contributed by atoms with E-state index in [4.69, 9.17) is 4.74 Å². The first-order valence-electron chi connectivity index (χ1n) is 4.98. The maximum Gasteiger partial charge on any atom is 0.227 e. The second-order valence-electron chi connectivity index (χ2n) is 3.61. The van der Waals surface area contributed by atoms with Crippen molar-refractivity contribution in [3.8, 4) is 0 Å². The summed E-state index contributed by atoms with van der Waals surface area (Å²) < 4.78 is 16.0. The Bertz CT molecular complexity index is 248. The van der Waals surface area contributed by atoms with Crippen LogP contribution < -0.4 is 10.6 Å². The van der Waals surface area contributed by atoms with Crippen LogP contribution in [0.15, 0.2) is 0 Å². The largest absolute Gasteiger partial charge is 0.379 e. The Labute approximate surface area is 92.4 Å². The zero-order chi connectivity index (χ0) is 11.3. The van der Waals surface area contributed by atoms with Crippen LogP contribution in [0.25, 0.3) is 0 Å². The first kappa shape index (κ1) is 12.6. The molecule has 0 spiro atoms. The molecule has 0 aromatic heterocycles. The van der Waals surface area contributed by atoms with Crippen LogP contribution in [0, 0.1) is 5.92 Å². The van der Waals surface area contributed by atoms with Crippen LogP contribution in [0.4, 0.5) is 0 Å². The molecule has 1 fully saturated rings. The van der Waals surface area contributed by atoms with Crippen LogP contribution in [-0.4, -0.2) is 55.0 Å². The molecule has 88 valence electrons. The van der Waals surface area contributed by atoms with Crippen molar-refractivity contribution in [2.24, 2.45) is 5.92 Å². The molecule has 5 nitrogen and oxygen atoms in total. The number of carbonyl (C=O) groups excluding carboxylic acids is 1. The first-order valence-corrected chi connectivity index (χ1v) is 6.70. The van der Waals surface area contributed by atoms with E-state index in [9.17, 15) is 9.00 Å². The van der Waals surface area contributed by atoms with E-state index in [1.165, 1.54) is 0 Å². The van der Waals surface area contributed by atoms with Gasteiger partial charge < -0.3 is 15.4 Å².